The molecule has 1 aliphatic heterocycles. The summed E-state index contributed by atoms with van der Waals surface area (Å²) < 4.78 is 5.46. The Morgan fingerprint density at radius 1 is 1.35 bits per heavy atom. The number of hydrogen-bond donors (Lipinski definition) is 1. The molecule has 0 saturated carbocycles. The van der Waals surface area contributed by atoms with Crippen molar-refractivity contribution in [3.8, 4) is 0 Å². The number of ether oxygens (including phenoxy) is 1. The first-order chi connectivity index (χ1) is 10.7. The van der Waals surface area contributed by atoms with E-state index in [1.54, 1.807) is 4.90 Å². The van der Waals surface area contributed by atoms with Crippen molar-refractivity contribution in [3.05, 3.63) is 29.3 Å². The molecule has 0 spiro atoms. The lowest BCUT2D eigenvalue weighted by molar-refractivity contribution is 0.00461. The van der Waals surface area contributed by atoms with E-state index >= 15 is 0 Å². The van der Waals surface area contributed by atoms with Crippen LogP contribution in [0.2, 0.25) is 0 Å². The van der Waals surface area contributed by atoms with Crippen molar-refractivity contribution in [3.63, 3.8) is 0 Å². The quantitative estimate of drug-likeness (QED) is 0.851. The highest BCUT2D eigenvalue weighted by Gasteiger charge is 2.29. The van der Waals surface area contributed by atoms with Gasteiger partial charge in [0.05, 0.1) is 0 Å². The van der Waals surface area contributed by atoms with Crippen LogP contribution in [0.1, 0.15) is 38.8 Å². The van der Waals surface area contributed by atoms with Gasteiger partial charge >= 0.3 is 6.09 Å². The normalized spacial score (nSPS) is 19.7. The summed E-state index contributed by atoms with van der Waals surface area (Å²) in [5.41, 5.74) is 8.70. The molecule has 0 aromatic heterocycles. The number of amides is 1. The molecule has 0 radical (unpaired) electrons. The van der Waals surface area contributed by atoms with Crippen molar-refractivity contribution < 1.29 is 9.53 Å². The number of piperazine rings is 1. The Labute approximate surface area is 139 Å². The summed E-state index contributed by atoms with van der Waals surface area (Å²) in [6, 6.07) is 6.52. The lowest BCUT2D eigenvalue weighted by Gasteiger charge is -2.40. The number of carbonyl (C=O) groups is 1. The number of benzene rings is 1. The third kappa shape index (κ3) is 4.86. The van der Waals surface area contributed by atoms with Crippen LogP contribution in [0.25, 0.3) is 0 Å². The molecule has 0 unspecified atom stereocenters. The Hall–Kier alpha value is -1.75. The molecule has 5 nitrogen and oxygen atoms in total. The lowest BCUT2D eigenvalue weighted by Crippen LogP contribution is -2.54. The second kappa shape index (κ2) is 6.79. The first kappa shape index (κ1) is 17.6. The summed E-state index contributed by atoms with van der Waals surface area (Å²) in [5, 5.41) is 0. The fourth-order valence-electron chi connectivity index (χ4n) is 2.75. The Balaban J connectivity index is 1.93. The SMILES string of the molecule is Cc1ccc(CN2CCN(C(=O)OC(C)(C)C)C[C@H]2C)cc1N. The van der Waals surface area contributed by atoms with Gasteiger partial charge in [0.1, 0.15) is 5.60 Å². The predicted octanol–water partition coefficient (Wildman–Crippen LogP) is 3.02. The minimum absolute atomic E-state index is 0.219. The highest BCUT2D eigenvalue weighted by atomic mass is 16.6. The molecule has 0 bridgehead atoms. The molecule has 2 N–H and O–H groups in total. The summed E-state index contributed by atoms with van der Waals surface area (Å²) in [7, 11) is 0. The van der Waals surface area contributed by atoms with Gasteiger partial charge in [-0.05, 0) is 51.8 Å². The number of anilines is 1. The van der Waals surface area contributed by atoms with Gasteiger partial charge in [-0.1, -0.05) is 12.1 Å². The van der Waals surface area contributed by atoms with Crippen molar-refractivity contribution in [2.24, 2.45) is 0 Å². The van der Waals surface area contributed by atoms with Gasteiger partial charge in [0.2, 0.25) is 0 Å². The number of nitrogen functional groups attached to an aromatic ring is 1. The maximum absolute atomic E-state index is 12.2. The van der Waals surface area contributed by atoms with Crippen LogP contribution in [0.4, 0.5) is 10.5 Å². The van der Waals surface area contributed by atoms with E-state index in [1.165, 1.54) is 5.56 Å². The van der Waals surface area contributed by atoms with E-state index < -0.39 is 5.60 Å². The van der Waals surface area contributed by atoms with Crippen LogP contribution in [0.5, 0.6) is 0 Å². The molecule has 1 heterocycles. The largest absolute Gasteiger partial charge is 0.444 e. The smallest absolute Gasteiger partial charge is 0.410 e. The third-order valence-corrected chi connectivity index (χ3v) is 4.15. The van der Waals surface area contributed by atoms with E-state index in [4.69, 9.17) is 10.5 Å². The predicted molar refractivity (Wildman–Crippen MR) is 93.3 cm³/mol. The highest BCUT2D eigenvalue weighted by molar-refractivity contribution is 5.68. The van der Waals surface area contributed by atoms with Crippen LogP contribution >= 0.6 is 0 Å². The maximum Gasteiger partial charge on any atom is 0.410 e. The van der Waals surface area contributed by atoms with Crippen molar-refractivity contribution in [2.75, 3.05) is 25.4 Å². The van der Waals surface area contributed by atoms with E-state index in [0.29, 0.717) is 19.1 Å². The number of nitrogens with zero attached hydrogens (tertiary/aromatic N) is 2. The monoisotopic (exact) mass is 319 g/mol. The van der Waals surface area contributed by atoms with Crippen LogP contribution < -0.4 is 5.73 Å². The maximum atomic E-state index is 12.2. The topological polar surface area (TPSA) is 58.8 Å². The molecule has 1 aliphatic rings. The van der Waals surface area contributed by atoms with Crippen LogP contribution in [0, 0.1) is 6.92 Å². The summed E-state index contributed by atoms with van der Waals surface area (Å²) in [6.07, 6.45) is -0.219. The summed E-state index contributed by atoms with van der Waals surface area (Å²) in [4.78, 5) is 16.4. The van der Waals surface area contributed by atoms with Crippen molar-refractivity contribution in [1.82, 2.24) is 9.80 Å². The van der Waals surface area contributed by atoms with E-state index in [0.717, 1.165) is 24.3 Å². The van der Waals surface area contributed by atoms with Gasteiger partial charge in [0.15, 0.2) is 0 Å². The molecule has 23 heavy (non-hydrogen) atoms. The van der Waals surface area contributed by atoms with Crippen molar-refractivity contribution >= 4 is 11.8 Å². The number of carbonyl (C=O) groups excluding carboxylic acids is 1. The van der Waals surface area contributed by atoms with Crippen molar-refractivity contribution in [1.29, 1.82) is 0 Å². The zero-order valence-electron chi connectivity index (χ0n) is 14.9. The molecule has 0 aliphatic carbocycles. The van der Waals surface area contributed by atoms with E-state index in [1.807, 2.05) is 33.8 Å². The highest BCUT2D eigenvalue weighted by Crippen LogP contribution is 2.19. The van der Waals surface area contributed by atoms with Crippen LogP contribution in [0.15, 0.2) is 18.2 Å². The van der Waals surface area contributed by atoms with Gasteiger partial charge in [-0.15, -0.1) is 0 Å². The minimum Gasteiger partial charge on any atom is -0.444 e. The molecular weight excluding hydrogens is 290 g/mol. The van der Waals surface area contributed by atoms with Crippen LogP contribution in [-0.4, -0.2) is 47.2 Å². The molecule has 1 amide bonds. The Morgan fingerprint density at radius 3 is 2.61 bits per heavy atom. The van der Waals surface area contributed by atoms with Crippen LogP contribution in [-0.2, 0) is 11.3 Å². The summed E-state index contributed by atoms with van der Waals surface area (Å²) in [6.45, 7) is 12.9. The molecule has 128 valence electrons. The van der Waals surface area contributed by atoms with Gasteiger partial charge in [-0.25, -0.2) is 4.79 Å². The zero-order chi connectivity index (χ0) is 17.2. The van der Waals surface area contributed by atoms with E-state index in [9.17, 15) is 4.79 Å². The number of rotatable bonds is 2. The second-order valence-electron chi connectivity index (χ2n) is 7.44. The number of aryl methyl sites for hydroxylation is 1. The van der Waals surface area contributed by atoms with Gasteiger partial charge in [0, 0.05) is 37.9 Å². The molecular formula is C18H29N3O2. The Bertz CT molecular complexity index is 566. The number of hydrogen-bond acceptors (Lipinski definition) is 4. The Morgan fingerprint density at radius 2 is 2.04 bits per heavy atom. The first-order valence-electron chi connectivity index (χ1n) is 8.22. The molecule has 1 atom stereocenters. The summed E-state index contributed by atoms with van der Waals surface area (Å²) >= 11 is 0. The van der Waals surface area contributed by atoms with Gasteiger partial charge < -0.3 is 15.4 Å². The summed E-state index contributed by atoms with van der Waals surface area (Å²) in [5.74, 6) is 0. The second-order valence-corrected chi connectivity index (χ2v) is 7.44. The minimum atomic E-state index is -0.448. The molecule has 1 fully saturated rings. The van der Waals surface area contributed by atoms with E-state index in [2.05, 4.69) is 24.0 Å². The van der Waals surface area contributed by atoms with Gasteiger partial charge in [0.25, 0.3) is 0 Å². The molecule has 5 heteroatoms. The van der Waals surface area contributed by atoms with E-state index in [-0.39, 0.29) is 6.09 Å². The average molecular weight is 319 g/mol. The average Bonchev–Trinajstić information content (AvgIpc) is 2.43. The van der Waals surface area contributed by atoms with Crippen LogP contribution in [0.3, 0.4) is 0 Å². The molecule has 1 saturated heterocycles. The zero-order valence-corrected chi connectivity index (χ0v) is 14.9. The van der Waals surface area contributed by atoms with Gasteiger partial charge in [-0.3, -0.25) is 4.90 Å². The number of nitrogens with two attached hydrogens (primary N) is 1. The fourth-order valence-corrected chi connectivity index (χ4v) is 2.75. The first-order valence-corrected chi connectivity index (χ1v) is 8.22. The third-order valence-electron chi connectivity index (χ3n) is 4.15. The molecule has 1 aromatic rings. The standard InChI is InChI=1S/C18H29N3O2/c1-13-6-7-15(10-16(13)19)12-20-8-9-21(11-14(20)2)17(22)23-18(3,4)5/h6-7,10,14H,8-9,11-12,19H2,1-5H3/t14-/m1/s1. The lowest BCUT2D eigenvalue weighted by atomic mass is 10.1. The fraction of sp³-hybridized carbons (Fsp3) is 0.611. The van der Waals surface area contributed by atoms with Crippen molar-refractivity contribution in [2.45, 2.75) is 52.8 Å². The Kier molecular flexibility index (Phi) is 5.19. The molecule has 1 aromatic carbocycles. The van der Waals surface area contributed by atoms with Gasteiger partial charge in [-0.2, -0.15) is 0 Å². The molecule has 2 rings (SSSR count).